The van der Waals surface area contributed by atoms with Crippen LogP contribution in [0, 0.1) is 5.92 Å². The summed E-state index contributed by atoms with van der Waals surface area (Å²) < 4.78 is 9.03. The second kappa shape index (κ2) is 13.1. The van der Waals surface area contributed by atoms with E-state index in [0.29, 0.717) is 0 Å². The number of amides is 1. The highest BCUT2D eigenvalue weighted by atomic mass is 16.5. The predicted molar refractivity (Wildman–Crippen MR) is 90.8 cm³/mol. The van der Waals surface area contributed by atoms with Crippen LogP contribution in [0.1, 0.15) is 39.5 Å². The Hall–Kier alpha value is -3.11. The maximum absolute atomic E-state index is 12.3. The van der Waals surface area contributed by atoms with Gasteiger partial charge in [-0.05, 0) is 13.8 Å². The van der Waals surface area contributed by atoms with Crippen LogP contribution in [0.2, 0.25) is 0 Å². The quantitative estimate of drug-likeness (QED) is 0.312. The number of rotatable bonds is 16. The van der Waals surface area contributed by atoms with E-state index in [1.807, 2.05) is 0 Å². The van der Waals surface area contributed by atoms with Crippen molar-refractivity contribution in [1.29, 1.82) is 0 Å². The molecule has 0 radical (unpaired) electrons. The van der Waals surface area contributed by atoms with Crippen LogP contribution in [-0.4, -0.2) is 66.0 Å². The van der Waals surface area contributed by atoms with Crippen LogP contribution in [0.15, 0.2) is 0 Å². The van der Waals surface area contributed by atoms with Crippen LogP contribution < -0.4 is 5.32 Å². The first-order valence-corrected chi connectivity index (χ1v) is 8.28. The number of aliphatic carboxylic acids is 1. The monoisotopic (exact) mass is 401 g/mol. The lowest BCUT2D eigenvalue weighted by Gasteiger charge is -2.20. The van der Waals surface area contributed by atoms with Crippen molar-refractivity contribution in [2.45, 2.75) is 51.7 Å². The van der Waals surface area contributed by atoms with E-state index in [9.17, 15) is 33.6 Å². The van der Waals surface area contributed by atoms with Gasteiger partial charge in [0.25, 0.3) is 12.9 Å². The minimum Gasteiger partial charge on any atom is -0.481 e. The van der Waals surface area contributed by atoms with E-state index >= 15 is 0 Å². The lowest BCUT2D eigenvalue weighted by Crippen LogP contribution is -2.46. The Morgan fingerprint density at radius 2 is 1.61 bits per heavy atom. The molecule has 3 unspecified atom stereocenters. The van der Waals surface area contributed by atoms with E-state index in [2.05, 4.69) is 14.8 Å². The molecule has 0 heterocycles. The molecule has 0 aromatic rings. The van der Waals surface area contributed by atoms with Gasteiger partial charge in [-0.1, -0.05) is 0 Å². The van der Waals surface area contributed by atoms with Gasteiger partial charge in [0.15, 0.2) is 5.78 Å². The summed E-state index contributed by atoms with van der Waals surface area (Å²) >= 11 is 0. The van der Waals surface area contributed by atoms with Gasteiger partial charge in [0, 0.05) is 25.2 Å². The van der Waals surface area contributed by atoms with Gasteiger partial charge in [0.2, 0.25) is 5.91 Å². The van der Waals surface area contributed by atoms with Crippen molar-refractivity contribution in [3.05, 3.63) is 0 Å². The number of carbonyl (C=O) groups excluding carboxylic acids is 6. The van der Waals surface area contributed by atoms with Crippen LogP contribution in [0.5, 0.6) is 0 Å². The molecule has 11 heteroatoms. The molecule has 0 fully saturated rings. The van der Waals surface area contributed by atoms with E-state index in [1.165, 1.54) is 13.8 Å². The first-order chi connectivity index (χ1) is 13.1. The third-order valence-corrected chi connectivity index (χ3v) is 3.67. The molecule has 2 N–H and O–H groups in total. The van der Waals surface area contributed by atoms with Crippen molar-refractivity contribution >= 4 is 42.2 Å². The van der Waals surface area contributed by atoms with Crippen molar-refractivity contribution < 1.29 is 48.1 Å². The highest BCUT2D eigenvalue weighted by Gasteiger charge is 2.28. The van der Waals surface area contributed by atoms with Gasteiger partial charge in [0.1, 0.15) is 30.3 Å². The maximum atomic E-state index is 12.3. The number of carboxylic acid groups (broad SMARTS) is 1. The van der Waals surface area contributed by atoms with E-state index in [0.717, 1.165) is 0 Å². The average Bonchev–Trinajstić information content (AvgIpc) is 2.56. The Morgan fingerprint density at radius 3 is 2.07 bits per heavy atom. The molecule has 1 amide bonds. The van der Waals surface area contributed by atoms with Crippen molar-refractivity contribution in [3.8, 4) is 0 Å². The number of hydrogen-bond acceptors (Lipinski definition) is 9. The number of nitrogens with one attached hydrogen (secondary N) is 1. The number of carbonyl (C=O) groups is 7. The molecule has 0 aliphatic heterocycles. The number of carboxylic acids is 1. The topological polar surface area (TPSA) is 170 Å². The van der Waals surface area contributed by atoms with E-state index in [4.69, 9.17) is 5.11 Å². The second-order valence-corrected chi connectivity index (χ2v) is 6.09. The lowest BCUT2D eigenvalue weighted by atomic mass is 9.94. The summed E-state index contributed by atoms with van der Waals surface area (Å²) in [5.74, 6) is -4.31. The number of hydrogen-bond donors (Lipinski definition) is 2. The summed E-state index contributed by atoms with van der Waals surface area (Å²) in [7, 11) is 0. The third kappa shape index (κ3) is 10.8. The van der Waals surface area contributed by atoms with Crippen LogP contribution in [0.25, 0.3) is 0 Å². The van der Waals surface area contributed by atoms with Crippen molar-refractivity contribution in [2.24, 2.45) is 5.92 Å². The zero-order valence-corrected chi connectivity index (χ0v) is 15.5. The van der Waals surface area contributed by atoms with Crippen LogP contribution in [-0.2, 0) is 43.0 Å². The fraction of sp³-hybridized carbons (Fsp3) is 0.588. The standard InChI is InChI=1S/C17H23NO10/c1-10(21)3-12(11(2)22)4-16(24)18-14(7-27-8-19)15(23)5-13(28-9-20)6-17(25)26/h8-9,12-14H,3-7H2,1-2H3,(H,18,24)(H,25,26). The highest BCUT2D eigenvalue weighted by Crippen LogP contribution is 2.12. The third-order valence-electron chi connectivity index (χ3n) is 3.67. The van der Waals surface area contributed by atoms with Gasteiger partial charge >= 0.3 is 5.97 Å². The van der Waals surface area contributed by atoms with Gasteiger partial charge in [0.05, 0.1) is 6.42 Å². The molecular weight excluding hydrogens is 378 g/mol. The Bertz CT molecular complexity index is 615. The average molecular weight is 401 g/mol. The smallest absolute Gasteiger partial charge is 0.307 e. The van der Waals surface area contributed by atoms with Crippen molar-refractivity contribution in [2.75, 3.05) is 6.61 Å². The SMILES string of the molecule is CC(=O)CC(CC(=O)NC(COC=O)C(=O)CC(CC(=O)O)OC=O)C(C)=O. The lowest BCUT2D eigenvalue weighted by molar-refractivity contribution is -0.145. The molecule has 0 rings (SSSR count). The molecule has 28 heavy (non-hydrogen) atoms. The summed E-state index contributed by atoms with van der Waals surface area (Å²) in [4.78, 5) is 78.8. The Labute approximate surface area is 160 Å². The molecule has 3 atom stereocenters. The molecule has 0 aliphatic carbocycles. The normalized spacial score (nSPS) is 13.4. The number of ether oxygens (including phenoxy) is 2. The van der Waals surface area contributed by atoms with E-state index in [-0.39, 0.29) is 37.4 Å². The molecule has 11 nitrogen and oxygen atoms in total. The summed E-state index contributed by atoms with van der Waals surface area (Å²) in [5.41, 5.74) is 0. The summed E-state index contributed by atoms with van der Waals surface area (Å²) in [5, 5.41) is 11.0. The zero-order valence-electron chi connectivity index (χ0n) is 15.5. The predicted octanol–water partition coefficient (Wildman–Crippen LogP) is -0.806. The number of Topliss-reactive ketones (excluding diaryl/α,β-unsaturated/α-hetero) is 3. The van der Waals surface area contributed by atoms with Gasteiger partial charge in [-0.2, -0.15) is 0 Å². The molecular formula is C17H23NO10. The fourth-order valence-electron chi connectivity index (χ4n) is 2.34. The minimum atomic E-state index is -1.34. The van der Waals surface area contributed by atoms with Crippen LogP contribution in [0.4, 0.5) is 0 Å². The zero-order chi connectivity index (χ0) is 21.7. The van der Waals surface area contributed by atoms with Gasteiger partial charge in [-0.25, -0.2) is 0 Å². The molecule has 0 spiro atoms. The molecule has 0 aromatic heterocycles. The fourth-order valence-corrected chi connectivity index (χ4v) is 2.34. The molecule has 0 aliphatic rings. The Kier molecular flexibility index (Phi) is 11.7. The molecule has 0 aromatic carbocycles. The minimum absolute atomic E-state index is 0.00435. The van der Waals surface area contributed by atoms with Gasteiger partial charge in [-0.15, -0.1) is 0 Å². The molecule has 0 bridgehead atoms. The second-order valence-electron chi connectivity index (χ2n) is 6.09. The Balaban J connectivity index is 5.09. The van der Waals surface area contributed by atoms with Gasteiger partial charge in [-0.3, -0.25) is 28.8 Å². The summed E-state index contributed by atoms with van der Waals surface area (Å²) in [6.45, 7) is 2.01. The van der Waals surface area contributed by atoms with Crippen LogP contribution >= 0.6 is 0 Å². The highest BCUT2D eigenvalue weighted by molar-refractivity contribution is 5.93. The first kappa shape index (κ1) is 24.9. The number of ketones is 3. The maximum Gasteiger partial charge on any atom is 0.307 e. The molecule has 156 valence electrons. The van der Waals surface area contributed by atoms with Gasteiger partial charge < -0.3 is 24.7 Å². The molecule has 0 saturated carbocycles. The van der Waals surface area contributed by atoms with Crippen LogP contribution in [0.3, 0.4) is 0 Å². The van der Waals surface area contributed by atoms with E-state index in [1.54, 1.807) is 0 Å². The first-order valence-electron chi connectivity index (χ1n) is 8.28. The molecule has 0 saturated heterocycles. The van der Waals surface area contributed by atoms with Crippen molar-refractivity contribution in [3.63, 3.8) is 0 Å². The summed E-state index contributed by atoms with van der Waals surface area (Å²) in [6.07, 6.45) is -2.93. The summed E-state index contributed by atoms with van der Waals surface area (Å²) in [6, 6.07) is -1.34. The Morgan fingerprint density at radius 1 is 0.964 bits per heavy atom. The van der Waals surface area contributed by atoms with E-state index < -0.39 is 55.2 Å². The largest absolute Gasteiger partial charge is 0.481 e. The van der Waals surface area contributed by atoms with Crippen molar-refractivity contribution in [1.82, 2.24) is 5.32 Å².